The summed E-state index contributed by atoms with van der Waals surface area (Å²) in [6.45, 7) is 0.323. The van der Waals surface area contributed by atoms with Crippen molar-refractivity contribution in [3.05, 3.63) is 57.2 Å². The van der Waals surface area contributed by atoms with E-state index in [9.17, 15) is 9.18 Å². The zero-order chi connectivity index (χ0) is 15.2. The number of aliphatic hydroxyl groups is 1. The van der Waals surface area contributed by atoms with Crippen molar-refractivity contribution < 1.29 is 9.50 Å². The Morgan fingerprint density at radius 1 is 1.38 bits per heavy atom. The minimum absolute atomic E-state index is 0.00647. The molecular formula is C14H15ClFN3O2. The topological polar surface area (TPSA) is 67.2 Å². The van der Waals surface area contributed by atoms with Gasteiger partial charge in [-0.3, -0.25) is 4.79 Å². The lowest BCUT2D eigenvalue weighted by molar-refractivity contribution is 0.266. The second-order valence-corrected chi connectivity index (χ2v) is 4.77. The first-order valence-electron chi connectivity index (χ1n) is 6.47. The van der Waals surface area contributed by atoms with Crippen LogP contribution in [0.15, 0.2) is 35.3 Å². The van der Waals surface area contributed by atoms with Crippen LogP contribution >= 0.6 is 11.6 Å². The van der Waals surface area contributed by atoms with Gasteiger partial charge in [0.25, 0.3) is 5.56 Å². The first kappa shape index (κ1) is 15.5. The second-order valence-electron chi connectivity index (χ2n) is 4.39. The molecule has 1 aromatic heterocycles. The molecule has 1 heterocycles. The fourth-order valence-corrected chi connectivity index (χ4v) is 2.09. The predicted molar refractivity (Wildman–Crippen MR) is 79.2 cm³/mol. The maximum Gasteiger partial charge on any atom is 0.287 e. The van der Waals surface area contributed by atoms with E-state index >= 15 is 0 Å². The average molecular weight is 312 g/mol. The highest BCUT2D eigenvalue weighted by atomic mass is 35.5. The van der Waals surface area contributed by atoms with Gasteiger partial charge in [-0.05, 0) is 18.1 Å². The largest absolute Gasteiger partial charge is 0.394 e. The Morgan fingerprint density at radius 3 is 2.86 bits per heavy atom. The minimum atomic E-state index is -0.471. The number of nitrogens with one attached hydrogen (secondary N) is 1. The number of hydrogen-bond donors (Lipinski definition) is 2. The van der Waals surface area contributed by atoms with Crippen LogP contribution in [0.2, 0.25) is 5.02 Å². The summed E-state index contributed by atoms with van der Waals surface area (Å²) in [5.74, 6) is -0.262. The van der Waals surface area contributed by atoms with Gasteiger partial charge in [0.15, 0.2) is 0 Å². The molecule has 21 heavy (non-hydrogen) atoms. The van der Waals surface area contributed by atoms with Crippen LogP contribution in [0.25, 0.3) is 0 Å². The molecule has 0 saturated heterocycles. The fourth-order valence-electron chi connectivity index (χ4n) is 1.88. The van der Waals surface area contributed by atoms with E-state index in [-0.39, 0.29) is 24.0 Å². The molecule has 0 atom stereocenters. The molecule has 0 bridgehead atoms. The van der Waals surface area contributed by atoms with E-state index in [1.54, 1.807) is 18.2 Å². The van der Waals surface area contributed by atoms with Crippen LogP contribution in [0.3, 0.4) is 0 Å². The molecule has 0 aliphatic heterocycles. The van der Waals surface area contributed by atoms with Crippen molar-refractivity contribution in [1.82, 2.24) is 9.78 Å². The highest BCUT2D eigenvalue weighted by molar-refractivity contribution is 6.32. The van der Waals surface area contributed by atoms with Crippen molar-refractivity contribution in [3.8, 4) is 0 Å². The quantitative estimate of drug-likeness (QED) is 0.852. The van der Waals surface area contributed by atoms with Gasteiger partial charge in [0.2, 0.25) is 0 Å². The van der Waals surface area contributed by atoms with E-state index in [1.807, 2.05) is 0 Å². The smallest absolute Gasteiger partial charge is 0.287 e. The van der Waals surface area contributed by atoms with Crippen molar-refractivity contribution in [2.24, 2.45) is 0 Å². The Kier molecular flexibility index (Phi) is 5.30. The summed E-state index contributed by atoms with van der Waals surface area (Å²) in [5.41, 5.74) is 0.511. The van der Waals surface area contributed by atoms with Gasteiger partial charge in [-0.2, -0.15) is 5.10 Å². The summed E-state index contributed by atoms with van der Waals surface area (Å²) in [7, 11) is 0. The van der Waals surface area contributed by atoms with Crippen molar-refractivity contribution in [2.45, 2.75) is 13.0 Å². The normalized spacial score (nSPS) is 10.6. The third-order valence-electron chi connectivity index (χ3n) is 2.96. The van der Waals surface area contributed by atoms with Gasteiger partial charge in [-0.25, -0.2) is 9.07 Å². The first-order chi connectivity index (χ1) is 10.1. The van der Waals surface area contributed by atoms with Crippen LogP contribution < -0.4 is 10.9 Å². The highest BCUT2D eigenvalue weighted by Crippen LogP contribution is 2.15. The third kappa shape index (κ3) is 3.80. The number of anilines is 1. The number of nitrogens with zero attached hydrogens (tertiary/aromatic N) is 2. The number of hydrogen-bond acceptors (Lipinski definition) is 4. The molecule has 7 heteroatoms. The second kappa shape index (κ2) is 7.19. The van der Waals surface area contributed by atoms with Crippen molar-refractivity contribution in [3.63, 3.8) is 0 Å². The van der Waals surface area contributed by atoms with Gasteiger partial charge in [-0.15, -0.1) is 0 Å². The zero-order valence-corrected chi connectivity index (χ0v) is 12.0. The van der Waals surface area contributed by atoms with E-state index < -0.39 is 5.56 Å². The van der Waals surface area contributed by atoms with Crippen LogP contribution in [0.4, 0.5) is 10.1 Å². The molecule has 0 spiro atoms. The Hall–Kier alpha value is -1.92. The van der Waals surface area contributed by atoms with Gasteiger partial charge in [0, 0.05) is 6.54 Å². The molecule has 0 fully saturated rings. The minimum Gasteiger partial charge on any atom is -0.394 e. The predicted octanol–water partition coefficient (Wildman–Crippen LogP) is 1.68. The lowest BCUT2D eigenvalue weighted by Crippen LogP contribution is -2.25. The monoisotopic (exact) mass is 311 g/mol. The van der Waals surface area contributed by atoms with Gasteiger partial charge >= 0.3 is 0 Å². The average Bonchev–Trinajstić information content (AvgIpc) is 2.48. The summed E-state index contributed by atoms with van der Waals surface area (Å²) in [6.07, 6.45) is 1.88. The van der Waals surface area contributed by atoms with Gasteiger partial charge in [0.05, 0.1) is 25.0 Å². The number of rotatable bonds is 6. The van der Waals surface area contributed by atoms with Crippen LogP contribution in [-0.2, 0) is 13.0 Å². The van der Waals surface area contributed by atoms with Gasteiger partial charge < -0.3 is 10.4 Å². The van der Waals surface area contributed by atoms with Crippen molar-refractivity contribution in [2.75, 3.05) is 18.5 Å². The zero-order valence-electron chi connectivity index (χ0n) is 11.2. The summed E-state index contributed by atoms with van der Waals surface area (Å²) in [6, 6.07) is 6.51. The van der Waals surface area contributed by atoms with Crippen LogP contribution in [0.1, 0.15) is 5.56 Å². The molecule has 112 valence electrons. The SMILES string of the molecule is O=c1c(Cl)c(NCCc2ccccc2F)cnn1CCO. The highest BCUT2D eigenvalue weighted by Gasteiger charge is 2.09. The third-order valence-corrected chi connectivity index (χ3v) is 3.33. The molecule has 0 aliphatic rings. The summed E-state index contributed by atoms with van der Waals surface area (Å²) < 4.78 is 14.5. The molecule has 0 saturated carbocycles. The molecule has 0 unspecified atom stereocenters. The van der Waals surface area contributed by atoms with Gasteiger partial charge in [0.1, 0.15) is 10.8 Å². The Labute approximate surface area is 126 Å². The van der Waals surface area contributed by atoms with Gasteiger partial charge in [-0.1, -0.05) is 29.8 Å². The summed E-state index contributed by atoms with van der Waals surface area (Å²) in [4.78, 5) is 11.8. The Morgan fingerprint density at radius 2 is 2.14 bits per heavy atom. The van der Waals surface area contributed by atoms with E-state index in [0.717, 1.165) is 4.68 Å². The van der Waals surface area contributed by atoms with Crippen LogP contribution in [0, 0.1) is 5.82 Å². The lowest BCUT2D eigenvalue weighted by Gasteiger charge is -2.10. The Balaban J connectivity index is 2.03. The fraction of sp³-hybridized carbons (Fsp3) is 0.286. The van der Waals surface area contributed by atoms with E-state index in [2.05, 4.69) is 10.4 Å². The molecular weight excluding hydrogens is 297 g/mol. The molecule has 5 nitrogen and oxygen atoms in total. The standard InChI is InChI=1S/C14H15ClFN3O2/c15-13-12(9-18-19(7-8-20)14(13)21)17-6-5-10-3-1-2-4-11(10)16/h1-4,9,17,20H,5-8H2. The molecule has 2 rings (SSSR count). The summed E-state index contributed by atoms with van der Waals surface area (Å²) in [5, 5.41) is 15.7. The molecule has 1 aromatic carbocycles. The lowest BCUT2D eigenvalue weighted by atomic mass is 10.1. The molecule has 2 N–H and O–H groups in total. The van der Waals surface area contributed by atoms with Crippen LogP contribution in [-0.4, -0.2) is 28.0 Å². The molecule has 0 radical (unpaired) electrons. The number of halogens is 2. The van der Waals surface area contributed by atoms with Crippen molar-refractivity contribution >= 4 is 17.3 Å². The van der Waals surface area contributed by atoms with Crippen molar-refractivity contribution in [1.29, 1.82) is 0 Å². The van der Waals surface area contributed by atoms with Crippen LogP contribution in [0.5, 0.6) is 0 Å². The maximum absolute atomic E-state index is 13.5. The van der Waals surface area contributed by atoms with E-state index in [1.165, 1.54) is 12.3 Å². The number of aliphatic hydroxyl groups excluding tert-OH is 1. The summed E-state index contributed by atoms with van der Waals surface area (Å²) >= 11 is 5.96. The maximum atomic E-state index is 13.5. The van der Waals surface area contributed by atoms with E-state index in [4.69, 9.17) is 16.7 Å². The molecule has 0 amide bonds. The number of aromatic nitrogens is 2. The molecule has 0 aliphatic carbocycles. The number of benzene rings is 1. The Bertz CT molecular complexity index is 676. The molecule has 2 aromatic rings. The van der Waals surface area contributed by atoms with E-state index in [0.29, 0.717) is 24.2 Å². The first-order valence-corrected chi connectivity index (χ1v) is 6.85.